The lowest BCUT2D eigenvalue weighted by Gasteiger charge is -2.07. The van der Waals surface area contributed by atoms with E-state index in [2.05, 4.69) is 0 Å². The molecule has 0 aliphatic carbocycles. The van der Waals surface area contributed by atoms with Gasteiger partial charge in [0.2, 0.25) is 0 Å². The molecule has 2 aromatic rings. The third kappa shape index (κ3) is 2.92. The molecule has 0 aromatic carbocycles. The summed E-state index contributed by atoms with van der Waals surface area (Å²) in [5.74, 6) is 0. The second-order valence-corrected chi connectivity index (χ2v) is 7.29. The summed E-state index contributed by atoms with van der Waals surface area (Å²) in [6.45, 7) is 0. The Balaban J connectivity index is 2.14. The third-order valence-electron chi connectivity index (χ3n) is 2.07. The van der Waals surface area contributed by atoms with Gasteiger partial charge in [-0.2, -0.15) is 0 Å². The van der Waals surface area contributed by atoms with Crippen LogP contribution >= 0.6 is 57.5 Å². The van der Waals surface area contributed by atoms with Gasteiger partial charge in [0.05, 0.1) is 14.8 Å². The molecule has 0 fully saturated rings. The summed E-state index contributed by atoms with van der Waals surface area (Å²) in [7, 11) is 0. The zero-order valence-corrected chi connectivity index (χ0v) is 11.8. The van der Waals surface area contributed by atoms with Crippen LogP contribution in [0.2, 0.25) is 13.0 Å². The van der Waals surface area contributed by atoms with Crippen LogP contribution in [0.5, 0.6) is 0 Å². The molecule has 0 aliphatic rings. The van der Waals surface area contributed by atoms with Crippen LogP contribution in [0.25, 0.3) is 0 Å². The molecule has 2 aromatic heterocycles. The van der Waals surface area contributed by atoms with Crippen LogP contribution in [0.1, 0.15) is 16.5 Å². The van der Waals surface area contributed by atoms with Crippen LogP contribution < -0.4 is 0 Å². The summed E-state index contributed by atoms with van der Waals surface area (Å²) in [5, 5.41) is 10.0. The van der Waals surface area contributed by atoms with Crippen molar-refractivity contribution in [1.82, 2.24) is 0 Å². The number of aliphatic hydroxyl groups is 1. The number of aliphatic hydroxyl groups excluding tert-OH is 1. The fourth-order valence-corrected chi connectivity index (χ4v) is 4.03. The lowest BCUT2D eigenvalue weighted by Crippen LogP contribution is -1.99. The van der Waals surface area contributed by atoms with E-state index in [1.165, 1.54) is 22.7 Å². The summed E-state index contributed by atoms with van der Waals surface area (Å²) in [5.41, 5.74) is 0.682. The van der Waals surface area contributed by atoms with Gasteiger partial charge in [0, 0.05) is 16.9 Å². The van der Waals surface area contributed by atoms with E-state index in [0.29, 0.717) is 20.7 Å². The van der Waals surface area contributed by atoms with Gasteiger partial charge in [-0.25, -0.2) is 0 Å². The zero-order valence-electron chi connectivity index (χ0n) is 7.91. The van der Waals surface area contributed by atoms with Gasteiger partial charge in [-0.05, 0) is 18.2 Å². The van der Waals surface area contributed by atoms with Gasteiger partial charge >= 0.3 is 0 Å². The van der Waals surface area contributed by atoms with Gasteiger partial charge < -0.3 is 5.11 Å². The van der Waals surface area contributed by atoms with Crippen LogP contribution in [0, 0.1) is 0 Å². The molecule has 1 N–H and O–H groups in total. The van der Waals surface area contributed by atoms with Crippen molar-refractivity contribution >= 4 is 57.5 Å². The van der Waals surface area contributed by atoms with Crippen LogP contribution in [0.3, 0.4) is 0 Å². The van der Waals surface area contributed by atoms with E-state index in [1.807, 2.05) is 12.1 Å². The Morgan fingerprint density at radius 2 is 1.88 bits per heavy atom. The predicted octanol–water partition coefficient (Wildman–Crippen LogP) is 5.05. The number of thiophene rings is 2. The van der Waals surface area contributed by atoms with Gasteiger partial charge in [-0.1, -0.05) is 34.8 Å². The third-order valence-corrected chi connectivity index (χ3v) is 4.84. The van der Waals surface area contributed by atoms with Gasteiger partial charge in [0.1, 0.15) is 4.34 Å². The molecule has 2 heterocycles. The normalized spacial score (nSPS) is 13.0. The van der Waals surface area contributed by atoms with Crippen molar-refractivity contribution in [2.75, 3.05) is 0 Å². The zero-order chi connectivity index (χ0) is 11.7. The first-order valence-electron chi connectivity index (χ1n) is 4.43. The van der Waals surface area contributed by atoms with Crippen molar-refractivity contribution in [1.29, 1.82) is 0 Å². The largest absolute Gasteiger partial charge is 0.388 e. The maximum absolute atomic E-state index is 10.0. The molecule has 86 valence electrons. The minimum atomic E-state index is -0.633. The second-order valence-electron chi connectivity index (χ2n) is 3.21. The van der Waals surface area contributed by atoms with E-state index in [0.717, 1.165) is 9.21 Å². The second kappa shape index (κ2) is 5.25. The minimum Gasteiger partial charge on any atom is -0.388 e. The molecular formula is C10H7Cl3OS2. The van der Waals surface area contributed by atoms with Gasteiger partial charge in [-0.3, -0.25) is 0 Å². The Morgan fingerprint density at radius 1 is 1.12 bits per heavy atom. The topological polar surface area (TPSA) is 20.2 Å². The smallest absolute Gasteiger partial charge is 0.100 e. The highest BCUT2D eigenvalue weighted by atomic mass is 35.5. The predicted molar refractivity (Wildman–Crippen MR) is 72.3 cm³/mol. The SMILES string of the molecule is OC(Cc1ccc(Cl)s1)c1cc(Cl)sc1Cl. The first-order valence-corrected chi connectivity index (χ1v) is 7.20. The molecule has 6 heteroatoms. The molecule has 0 saturated heterocycles. The maximum Gasteiger partial charge on any atom is 0.100 e. The summed E-state index contributed by atoms with van der Waals surface area (Å²) in [6, 6.07) is 5.42. The van der Waals surface area contributed by atoms with E-state index in [4.69, 9.17) is 34.8 Å². The van der Waals surface area contributed by atoms with Crippen molar-refractivity contribution in [3.05, 3.63) is 41.6 Å². The fraction of sp³-hybridized carbons (Fsp3) is 0.200. The quantitative estimate of drug-likeness (QED) is 0.841. The Bertz CT molecular complexity index is 492. The summed E-state index contributed by atoms with van der Waals surface area (Å²) in [6.07, 6.45) is -0.129. The number of hydrogen-bond donors (Lipinski definition) is 1. The molecule has 1 unspecified atom stereocenters. The molecule has 0 aliphatic heterocycles. The molecule has 0 radical (unpaired) electrons. The molecule has 0 bridgehead atoms. The molecular weight excluding hydrogens is 307 g/mol. The summed E-state index contributed by atoms with van der Waals surface area (Å²) >= 11 is 20.3. The van der Waals surface area contributed by atoms with Crippen LogP contribution in [-0.4, -0.2) is 5.11 Å². The first-order chi connectivity index (χ1) is 7.56. The minimum absolute atomic E-state index is 0.504. The van der Waals surface area contributed by atoms with E-state index in [-0.39, 0.29) is 0 Å². The lowest BCUT2D eigenvalue weighted by molar-refractivity contribution is 0.180. The average molecular weight is 314 g/mol. The van der Waals surface area contributed by atoms with Crippen molar-refractivity contribution in [2.45, 2.75) is 12.5 Å². The summed E-state index contributed by atoms with van der Waals surface area (Å²) < 4.78 is 1.85. The van der Waals surface area contributed by atoms with Crippen molar-refractivity contribution in [3.63, 3.8) is 0 Å². The fourth-order valence-electron chi connectivity index (χ4n) is 1.34. The standard InChI is InChI=1S/C10H7Cl3OS2/c11-8-2-1-5(15-8)3-7(14)6-4-9(12)16-10(6)13/h1-2,4,7,14H,3H2. The molecule has 1 nitrogen and oxygen atoms in total. The molecule has 2 rings (SSSR count). The summed E-state index contributed by atoms with van der Waals surface area (Å²) in [4.78, 5) is 1.02. The Labute approximate surface area is 116 Å². The molecule has 16 heavy (non-hydrogen) atoms. The Morgan fingerprint density at radius 3 is 2.38 bits per heavy atom. The molecule has 1 atom stereocenters. The first kappa shape index (κ1) is 12.7. The number of hydrogen-bond acceptors (Lipinski definition) is 3. The van der Waals surface area contributed by atoms with E-state index < -0.39 is 6.10 Å². The Hall–Kier alpha value is 0.230. The molecule has 0 amide bonds. The van der Waals surface area contributed by atoms with E-state index >= 15 is 0 Å². The van der Waals surface area contributed by atoms with E-state index in [9.17, 15) is 5.11 Å². The van der Waals surface area contributed by atoms with Crippen LogP contribution in [-0.2, 0) is 6.42 Å². The van der Waals surface area contributed by atoms with Crippen LogP contribution in [0.4, 0.5) is 0 Å². The lowest BCUT2D eigenvalue weighted by atomic mass is 10.1. The number of halogens is 3. The highest BCUT2D eigenvalue weighted by molar-refractivity contribution is 7.20. The monoisotopic (exact) mass is 312 g/mol. The van der Waals surface area contributed by atoms with Gasteiger partial charge in [0.15, 0.2) is 0 Å². The highest BCUT2D eigenvalue weighted by Crippen LogP contribution is 2.37. The number of rotatable bonds is 3. The van der Waals surface area contributed by atoms with Gasteiger partial charge in [-0.15, -0.1) is 22.7 Å². The average Bonchev–Trinajstić information content (AvgIpc) is 2.73. The Kier molecular flexibility index (Phi) is 4.16. The molecule has 0 spiro atoms. The van der Waals surface area contributed by atoms with E-state index in [1.54, 1.807) is 6.07 Å². The highest BCUT2D eigenvalue weighted by Gasteiger charge is 2.16. The molecule has 0 saturated carbocycles. The maximum atomic E-state index is 10.0. The van der Waals surface area contributed by atoms with Gasteiger partial charge in [0.25, 0.3) is 0 Å². The van der Waals surface area contributed by atoms with Crippen molar-refractivity contribution < 1.29 is 5.11 Å². The van der Waals surface area contributed by atoms with Crippen LogP contribution in [0.15, 0.2) is 18.2 Å². The van der Waals surface area contributed by atoms with Crippen molar-refractivity contribution in [3.8, 4) is 0 Å². The van der Waals surface area contributed by atoms with Crippen molar-refractivity contribution in [2.24, 2.45) is 0 Å².